The van der Waals surface area contributed by atoms with E-state index >= 15 is 0 Å². The van der Waals surface area contributed by atoms with Crippen LogP contribution in [0.25, 0.3) is 0 Å². The van der Waals surface area contributed by atoms with E-state index in [-0.39, 0.29) is 24.0 Å². The second-order valence-electron chi connectivity index (χ2n) is 5.37. The fourth-order valence-electron chi connectivity index (χ4n) is 2.75. The van der Waals surface area contributed by atoms with E-state index in [1.807, 2.05) is 0 Å². The molecule has 1 aliphatic rings. The number of nitrogens with one attached hydrogen (secondary N) is 1. The molecular weight excluding hydrogens is 365 g/mol. The Kier molecular flexibility index (Phi) is 12.7. The summed E-state index contributed by atoms with van der Waals surface area (Å²) in [5.74, 6) is 1.33. The molecule has 20 heavy (non-hydrogen) atoms. The lowest BCUT2D eigenvalue weighted by molar-refractivity contribution is 0.0170. The second-order valence-corrected chi connectivity index (χ2v) is 5.37. The third-order valence-corrected chi connectivity index (χ3v) is 3.84. The summed E-state index contributed by atoms with van der Waals surface area (Å²) in [5.41, 5.74) is 5.83. The van der Waals surface area contributed by atoms with Gasteiger partial charge in [0, 0.05) is 19.7 Å². The molecule has 0 aromatic heterocycles. The third-order valence-electron chi connectivity index (χ3n) is 3.84. The molecule has 1 aliphatic carbocycles. The highest BCUT2D eigenvalue weighted by molar-refractivity contribution is 14.0. The monoisotopic (exact) mass is 397 g/mol. The number of nitrogens with zero attached hydrogens (tertiary/aromatic N) is 1. The van der Waals surface area contributed by atoms with Crippen molar-refractivity contribution in [1.82, 2.24) is 5.32 Å². The van der Waals surface area contributed by atoms with Gasteiger partial charge >= 0.3 is 0 Å². The number of halogens is 1. The highest BCUT2D eigenvalue weighted by atomic mass is 127. The number of aliphatic imine (C=N–C) groups is 1. The SMILES string of the molecule is CCCCN=C(N)NCCC(OCC)C1CCCC1.I. The number of ether oxygens (including phenoxy) is 1. The Labute approximate surface area is 141 Å². The van der Waals surface area contributed by atoms with E-state index in [9.17, 15) is 0 Å². The molecule has 1 unspecified atom stereocenters. The molecule has 1 rings (SSSR count). The molecule has 120 valence electrons. The molecule has 0 aromatic carbocycles. The molecule has 0 spiro atoms. The Morgan fingerprint density at radius 2 is 2.05 bits per heavy atom. The molecule has 3 N–H and O–H groups in total. The first-order valence-corrected chi connectivity index (χ1v) is 7.93. The van der Waals surface area contributed by atoms with Gasteiger partial charge in [-0.25, -0.2) is 0 Å². The van der Waals surface area contributed by atoms with Crippen molar-refractivity contribution in [3.8, 4) is 0 Å². The highest BCUT2D eigenvalue weighted by Crippen LogP contribution is 2.30. The van der Waals surface area contributed by atoms with Crippen molar-refractivity contribution in [2.45, 2.75) is 64.9 Å². The van der Waals surface area contributed by atoms with Crippen LogP contribution in [0.1, 0.15) is 58.8 Å². The van der Waals surface area contributed by atoms with Crippen molar-refractivity contribution >= 4 is 29.9 Å². The van der Waals surface area contributed by atoms with E-state index in [2.05, 4.69) is 24.2 Å². The summed E-state index contributed by atoms with van der Waals surface area (Å²) < 4.78 is 5.89. The lowest BCUT2D eigenvalue weighted by Gasteiger charge is -2.23. The first kappa shape index (κ1) is 20.0. The van der Waals surface area contributed by atoms with Gasteiger partial charge in [-0.2, -0.15) is 0 Å². The first-order chi connectivity index (χ1) is 9.27. The molecule has 5 heteroatoms. The van der Waals surface area contributed by atoms with Gasteiger partial charge in [-0.05, 0) is 38.5 Å². The van der Waals surface area contributed by atoms with E-state index < -0.39 is 0 Å². The summed E-state index contributed by atoms with van der Waals surface area (Å²) in [5, 5.41) is 3.20. The van der Waals surface area contributed by atoms with Crippen LogP contribution in [-0.2, 0) is 4.74 Å². The maximum atomic E-state index is 5.89. The van der Waals surface area contributed by atoms with Crippen LogP contribution in [0.2, 0.25) is 0 Å². The molecule has 0 bridgehead atoms. The lowest BCUT2D eigenvalue weighted by atomic mass is 9.98. The predicted molar refractivity (Wildman–Crippen MR) is 96.8 cm³/mol. The number of rotatable bonds is 9. The van der Waals surface area contributed by atoms with Crippen LogP contribution in [0.15, 0.2) is 4.99 Å². The fourth-order valence-corrected chi connectivity index (χ4v) is 2.75. The summed E-state index contributed by atoms with van der Waals surface area (Å²) >= 11 is 0. The van der Waals surface area contributed by atoms with Gasteiger partial charge in [0.05, 0.1) is 6.10 Å². The Morgan fingerprint density at radius 3 is 2.65 bits per heavy atom. The average Bonchev–Trinajstić information content (AvgIpc) is 2.92. The largest absolute Gasteiger partial charge is 0.378 e. The average molecular weight is 397 g/mol. The standard InChI is InChI=1S/C15H31N3O.HI/c1-3-5-11-17-15(16)18-12-10-14(19-4-2)13-8-6-7-9-13;/h13-14H,3-12H2,1-2H3,(H3,16,17,18);1H. The molecule has 0 aliphatic heterocycles. The minimum absolute atomic E-state index is 0. The van der Waals surface area contributed by atoms with Crippen molar-refractivity contribution in [3.05, 3.63) is 0 Å². The van der Waals surface area contributed by atoms with Crippen molar-refractivity contribution in [2.75, 3.05) is 19.7 Å². The predicted octanol–water partition coefficient (Wildman–Crippen LogP) is 3.29. The van der Waals surface area contributed by atoms with Crippen LogP contribution in [0, 0.1) is 5.92 Å². The number of unbranched alkanes of at least 4 members (excludes halogenated alkanes) is 1. The zero-order valence-electron chi connectivity index (χ0n) is 13.1. The molecule has 1 saturated carbocycles. The Morgan fingerprint density at radius 1 is 1.35 bits per heavy atom. The van der Waals surface area contributed by atoms with E-state index in [0.717, 1.165) is 44.9 Å². The molecule has 0 radical (unpaired) electrons. The number of nitrogens with two attached hydrogens (primary N) is 1. The van der Waals surface area contributed by atoms with Crippen LogP contribution < -0.4 is 11.1 Å². The third kappa shape index (κ3) is 8.29. The molecule has 4 nitrogen and oxygen atoms in total. The zero-order chi connectivity index (χ0) is 13.9. The normalized spacial score (nSPS) is 17.8. The summed E-state index contributed by atoms with van der Waals surface area (Å²) in [6.45, 7) is 6.74. The lowest BCUT2D eigenvalue weighted by Crippen LogP contribution is -2.35. The van der Waals surface area contributed by atoms with Gasteiger partial charge in [0.15, 0.2) is 5.96 Å². The van der Waals surface area contributed by atoms with Crippen LogP contribution in [0.3, 0.4) is 0 Å². The summed E-state index contributed by atoms with van der Waals surface area (Å²) in [6, 6.07) is 0. The van der Waals surface area contributed by atoms with E-state index in [1.54, 1.807) is 0 Å². The Hall–Kier alpha value is -0.0400. The van der Waals surface area contributed by atoms with Gasteiger partial charge in [-0.3, -0.25) is 4.99 Å². The van der Waals surface area contributed by atoms with Crippen molar-refractivity contribution in [2.24, 2.45) is 16.6 Å². The smallest absolute Gasteiger partial charge is 0.188 e. The van der Waals surface area contributed by atoms with Crippen LogP contribution >= 0.6 is 24.0 Å². The molecule has 0 heterocycles. The highest BCUT2D eigenvalue weighted by Gasteiger charge is 2.24. The van der Waals surface area contributed by atoms with E-state index in [0.29, 0.717) is 12.1 Å². The Balaban J connectivity index is 0.00000361. The van der Waals surface area contributed by atoms with Crippen LogP contribution in [0.4, 0.5) is 0 Å². The minimum atomic E-state index is 0. The number of hydrogen-bond donors (Lipinski definition) is 2. The first-order valence-electron chi connectivity index (χ1n) is 7.93. The molecule has 1 atom stereocenters. The number of guanidine groups is 1. The van der Waals surface area contributed by atoms with E-state index in [1.165, 1.54) is 25.7 Å². The second kappa shape index (κ2) is 12.7. The van der Waals surface area contributed by atoms with Gasteiger partial charge in [0.2, 0.25) is 0 Å². The Bertz CT molecular complexity index is 256. The molecule has 0 amide bonds. The summed E-state index contributed by atoms with van der Waals surface area (Å²) in [7, 11) is 0. The minimum Gasteiger partial charge on any atom is -0.378 e. The van der Waals surface area contributed by atoms with Crippen LogP contribution in [0.5, 0.6) is 0 Å². The van der Waals surface area contributed by atoms with Gasteiger partial charge < -0.3 is 15.8 Å². The summed E-state index contributed by atoms with van der Waals surface area (Å²) in [4.78, 5) is 4.30. The van der Waals surface area contributed by atoms with Crippen LogP contribution in [-0.4, -0.2) is 31.8 Å². The van der Waals surface area contributed by atoms with Crippen molar-refractivity contribution in [1.29, 1.82) is 0 Å². The van der Waals surface area contributed by atoms with Gasteiger partial charge in [0.25, 0.3) is 0 Å². The van der Waals surface area contributed by atoms with Gasteiger partial charge in [-0.15, -0.1) is 24.0 Å². The van der Waals surface area contributed by atoms with Crippen molar-refractivity contribution in [3.63, 3.8) is 0 Å². The quantitative estimate of drug-likeness (QED) is 0.272. The fraction of sp³-hybridized carbons (Fsp3) is 0.933. The van der Waals surface area contributed by atoms with E-state index in [4.69, 9.17) is 10.5 Å². The van der Waals surface area contributed by atoms with Crippen molar-refractivity contribution < 1.29 is 4.74 Å². The maximum Gasteiger partial charge on any atom is 0.188 e. The molecule has 0 aromatic rings. The van der Waals surface area contributed by atoms with Gasteiger partial charge in [0.1, 0.15) is 0 Å². The zero-order valence-corrected chi connectivity index (χ0v) is 15.4. The topological polar surface area (TPSA) is 59.6 Å². The summed E-state index contributed by atoms with van der Waals surface area (Å²) in [6.07, 6.45) is 9.06. The molecule has 1 fully saturated rings. The molecule has 0 saturated heterocycles. The molecular formula is C15H32IN3O. The maximum absolute atomic E-state index is 5.89. The number of hydrogen-bond acceptors (Lipinski definition) is 2. The van der Waals surface area contributed by atoms with Gasteiger partial charge in [-0.1, -0.05) is 26.2 Å².